The summed E-state index contributed by atoms with van der Waals surface area (Å²) in [6.07, 6.45) is 3.73. The molecule has 1 aromatic heterocycles. The summed E-state index contributed by atoms with van der Waals surface area (Å²) in [4.78, 5) is 22.0. The molecule has 5 heteroatoms. The molecule has 0 saturated heterocycles. The first-order chi connectivity index (χ1) is 10.1. The zero-order chi connectivity index (χ0) is 14.8. The van der Waals surface area contributed by atoms with Crippen LogP contribution < -0.4 is 10.4 Å². The average molecular weight is 284 g/mol. The first kappa shape index (κ1) is 13.2. The van der Waals surface area contributed by atoms with Crippen molar-refractivity contribution in [3.63, 3.8) is 0 Å². The Morgan fingerprint density at radius 2 is 2.05 bits per heavy atom. The van der Waals surface area contributed by atoms with E-state index < -0.39 is 11.6 Å². The van der Waals surface area contributed by atoms with Gasteiger partial charge < -0.3 is 14.3 Å². The number of fused-ring (bicyclic) bond motifs is 1. The summed E-state index contributed by atoms with van der Waals surface area (Å²) in [5, 5.41) is 9.69. The summed E-state index contributed by atoms with van der Waals surface area (Å²) in [5.74, 6) is -0.338. The normalized spacial score (nSPS) is 13.9. The maximum absolute atomic E-state index is 11.2. The van der Waals surface area contributed by atoms with Crippen LogP contribution in [0.4, 0.5) is 0 Å². The molecule has 0 atom stereocenters. The van der Waals surface area contributed by atoms with Crippen molar-refractivity contribution in [3.8, 4) is 5.75 Å². The maximum atomic E-state index is 11.2. The van der Waals surface area contributed by atoms with Gasteiger partial charge in [0.25, 0.3) is 0 Å². The van der Waals surface area contributed by atoms with E-state index in [2.05, 4.69) is 0 Å². The van der Waals surface area contributed by atoms with Gasteiger partial charge in [0, 0.05) is 29.5 Å². The van der Waals surface area contributed by atoms with E-state index in [-0.39, 0.29) is 0 Å². The Kier molecular flexibility index (Phi) is 3.31. The van der Waals surface area contributed by atoms with Gasteiger partial charge in [0.2, 0.25) is 0 Å². The van der Waals surface area contributed by atoms with Crippen molar-refractivity contribution >= 4 is 16.9 Å². The lowest BCUT2D eigenvalue weighted by atomic mass is 10.1. The predicted molar refractivity (Wildman–Crippen MR) is 76.4 cm³/mol. The minimum Gasteiger partial charge on any atom is -0.489 e. The Balaban J connectivity index is 1.69. The van der Waals surface area contributed by atoms with Crippen molar-refractivity contribution in [1.82, 2.24) is 0 Å². The fourth-order valence-corrected chi connectivity index (χ4v) is 2.13. The molecule has 0 radical (unpaired) electrons. The van der Waals surface area contributed by atoms with E-state index in [1.165, 1.54) is 6.07 Å². The molecular formula is C16H12O5. The summed E-state index contributed by atoms with van der Waals surface area (Å²) >= 11 is 0. The van der Waals surface area contributed by atoms with Crippen molar-refractivity contribution in [2.45, 2.75) is 6.42 Å². The van der Waals surface area contributed by atoms with Gasteiger partial charge in [-0.05, 0) is 23.8 Å². The highest BCUT2D eigenvalue weighted by atomic mass is 16.5. The maximum Gasteiger partial charge on any atom is 0.336 e. The van der Waals surface area contributed by atoms with Crippen LogP contribution >= 0.6 is 0 Å². The standard InChI is InChI=1S/C16H12O5/c17-15-6-4-11-3-5-13(8-14(11)21-15)20-9-10-1-2-12(7-10)16(18)19/h1-6,8H,7,9H2,(H,18,19). The van der Waals surface area contributed by atoms with Crippen LogP contribution in [0.2, 0.25) is 0 Å². The predicted octanol–water partition coefficient (Wildman–Crippen LogP) is 2.51. The van der Waals surface area contributed by atoms with E-state index in [1.54, 1.807) is 36.4 Å². The second-order valence-corrected chi connectivity index (χ2v) is 4.74. The van der Waals surface area contributed by atoms with Gasteiger partial charge >= 0.3 is 11.6 Å². The van der Waals surface area contributed by atoms with Crippen LogP contribution in [0, 0.1) is 0 Å². The van der Waals surface area contributed by atoms with Crippen LogP contribution in [-0.4, -0.2) is 17.7 Å². The number of carboxylic acid groups (broad SMARTS) is 1. The van der Waals surface area contributed by atoms with Crippen molar-refractivity contribution in [1.29, 1.82) is 0 Å². The minimum atomic E-state index is -0.909. The fourth-order valence-electron chi connectivity index (χ4n) is 2.13. The molecule has 21 heavy (non-hydrogen) atoms. The SMILES string of the molecule is O=C(O)C1=CC=C(COc2ccc3ccc(=O)oc3c2)C1. The van der Waals surface area contributed by atoms with Gasteiger partial charge in [-0.3, -0.25) is 0 Å². The van der Waals surface area contributed by atoms with E-state index >= 15 is 0 Å². The molecule has 1 aliphatic carbocycles. The van der Waals surface area contributed by atoms with Gasteiger partial charge in [0.1, 0.15) is 17.9 Å². The molecule has 0 amide bonds. The number of carbonyl (C=O) groups is 1. The molecule has 0 spiro atoms. The minimum absolute atomic E-state index is 0.301. The molecule has 2 aromatic rings. The smallest absolute Gasteiger partial charge is 0.336 e. The van der Waals surface area contributed by atoms with Crippen molar-refractivity contribution < 1.29 is 19.1 Å². The van der Waals surface area contributed by atoms with Crippen LogP contribution in [0.3, 0.4) is 0 Å². The van der Waals surface area contributed by atoms with Crippen LogP contribution in [0.1, 0.15) is 6.42 Å². The highest BCUT2D eigenvalue weighted by Crippen LogP contribution is 2.23. The van der Waals surface area contributed by atoms with Crippen LogP contribution in [0.15, 0.2) is 62.8 Å². The largest absolute Gasteiger partial charge is 0.489 e. The van der Waals surface area contributed by atoms with E-state index in [9.17, 15) is 9.59 Å². The van der Waals surface area contributed by atoms with E-state index in [0.717, 1.165) is 11.0 Å². The number of aliphatic carboxylic acids is 1. The zero-order valence-corrected chi connectivity index (χ0v) is 11.0. The Bertz CT molecular complexity index is 826. The first-order valence-electron chi connectivity index (χ1n) is 6.40. The number of hydrogen-bond donors (Lipinski definition) is 1. The van der Waals surface area contributed by atoms with Crippen LogP contribution in [-0.2, 0) is 4.79 Å². The van der Waals surface area contributed by atoms with Gasteiger partial charge in [-0.15, -0.1) is 0 Å². The third-order valence-electron chi connectivity index (χ3n) is 3.23. The molecule has 0 fully saturated rings. The Morgan fingerprint density at radius 3 is 2.81 bits per heavy atom. The second-order valence-electron chi connectivity index (χ2n) is 4.74. The fraction of sp³-hybridized carbons (Fsp3) is 0.125. The molecule has 1 aliphatic rings. The molecular weight excluding hydrogens is 272 g/mol. The van der Waals surface area contributed by atoms with Gasteiger partial charge in [0.05, 0.1) is 0 Å². The highest BCUT2D eigenvalue weighted by Gasteiger charge is 2.14. The topological polar surface area (TPSA) is 76.7 Å². The molecule has 1 heterocycles. The Labute approximate surface area is 119 Å². The molecule has 1 N–H and O–H groups in total. The molecule has 0 unspecified atom stereocenters. The Morgan fingerprint density at radius 1 is 1.24 bits per heavy atom. The monoisotopic (exact) mass is 284 g/mol. The number of ether oxygens (including phenoxy) is 1. The molecule has 5 nitrogen and oxygen atoms in total. The lowest BCUT2D eigenvalue weighted by molar-refractivity contribution is -0.132. The number of hydrogen-bond acceptors (Lipinski definition) is 4. The van der Waals surface area contributed by atoms with E-state index in [1.807, 2.05) is 0 Å². The third-order valence-corrected chi connectivity index (χ3v) is 3.23. The number of benzene rings is 1. The quantitative estimate of drug-likeness (QED) is 0.873. The van der Waals surface area contributed by atoms with Crippen molar-refractivity contribution in [3.05, 3.63) is 64.1 Å². The second kappa shape index (κ2) is 5.28. The number of rotatable bonds is 4. The Hall–Kier alpha value is -2.82. The summed E-state index contributed by atoms with van der Waals surface area (Å²) in [7, 11) is 0. The molecule has 3 rings (SSSR count). The third kappa shape index (κ3) is 2.86. The zero-order valence-electron chi connectivity index (χ0n) is 11.0. The highest BCUT2D eigenvalue weighted by molar-refractivity contribution is 5.88. The van der Waals surface area contributed by atoms with Gasteiger partial charge in [-0.2, -0.15) is 0 Å². The molecule has 106 valence electrons. The summed E-state index contributed by atoms with van der Waals surface area (Å²) in [6.45, 7) is 0.301. The average Bonchev–Trinajstić information content (AvgIpc) is 2.93. The lowest BCUT2D eigenvalue weighted by Gasteiger charge is -2.08. The lowest BCUT2D eigenvalue weighted by Crippen LogP contribution is -2.03. The summed E-state index contributed by atoms with van der Waals surface area (Å²) in [5.41, 5.74) is 1.30. The van der Waals surface area contributed by atoms with Gasteiger partial charge in [-0.1, -0.05) is 12.2 Å². The first-order valence-corrected chi connectivity index (χ1v) is 6.40. The molecule has 0 bridgehead atoms. The van der Waals surface area contributed by atoms with Crippen molar-refractivity contribution in [2.24, 2.45) is 0 Å². The molecule has 0 saturated carbocycles. The van der Waals surface area contributed by atoms with Gasteiger partial charge in [-0.25, -0.2) is 9.59 Å². The van der Waals surface area contributed by atoms with Crippen LogP contribution in [0.5, 0.6) is 5.75 Å². The summed E-state index contributed by atoms with van der Waals surface area (Å²) < 4.78 is 10.7. The molecule has 0 aliphatic heterocycles. The van der Waals surface area contributed by atoms with Crippen LogP contribution in [0.25, 0.3) is 11.0 Å². The van der Waals surface area contributed by atoms with E-state index in [0.29, 0.717) is 29.9 Å². The number of carboxylic acids is 1. The molecule has 1 aromatic carbocycles. The van der Waals surface area contributed by atoms with E-state index in [4.69, 9.17) is 14.3 Å². The summed E-state index contributed by atoms with van der Waals surface area (Å²) in [6, 6.07) is 8.29. The van der Waals surface area contributed by atoms with Gasteiger partial charge in [0.15, 0.2) is 0 Å². The number of allylic oxidation sites excluding steroid dienone is 2. The van der Waals surface area contributed by atoms with Crippen molar-refractivity contribution in [2.75, 3.05) is 6.61 Å².